The van der Waals surface area contributed by atoms with Crippen molar-refractivity contribution in [2.75, 3.05) is 13.1 Å². The monoisotopic (exact) mass is 496 g/mol. The second-order valence-corrected chi connectivity index (χ2v) is 9.20. The van der Waals surface area contributed by atoms with Gasteiger partial charge in [-0.25, -0.2) is 27.5 Å². The van der Waals surface area contributed by atoms with E-state index in [1.54, 1.807) is 18.2 Å². The Morgan fingerprint density at radius 3 is 2.61 bits per heavy atom. The minimum absolute atomic E-state index is 0.0343. The summed E-state index contributed by atoms with van der Waals surface area (Å²) in [6.07, 6.45) is 2.92. The van der Waals surface area contributed by atoms with Crippen molar-refractivity contribution in [1.29, 1.82) is 0 Å². The van der Waals surface area contributed by atoms with E-state index in [9.17, 15) is 27.6 Å². The number of fused-ring (bicyclic) bond motifs is 1. The normalized spacial score (nSPS) is 20.7. The first-order chi connectivity index (χ1) is 17.2. The van der Waals surface area contributed by atoms with Crippen molar-refractivity contribution in [2.45, 2.75) is 30.6 Å². The maximum absolute atomic E-state index is 13.7. The van der Waals surface area contributed by atoms with Gasteiger partial charge in [-0.2, -0.15) is 5.10 Å². The molecule has 2 atom stereocenters. The fourth-order valence-corrected chi connectivity index (χ4v) is 4.80. The molecule has 1 saturated carbocycles. The van der Waals surface area contributed by atoms with Crippen molar-refractivity contribution < 1.29 is 18.0 Å². The summed E-state index contributed by atoms with van der Waals surface area (Å²) in [5.41, 5.74) is 1.00. The fraction of sp³-hybridized carbons (Fsp3) is 0.292. The molecule has 2 fully saturated rings. The van der Waals surface area contributed by atoms with Gasteiger partial charge in [-0.3, -0.25) is 14.6 Å². The lowest BCUT2D eigenvalue weighted by Crippen LogP contribution is -2.31. The fourth-order valence-electron chi connectivity index (χ4n) is 4.80. The number of rotatable bonds is 4. The summed E-state index contributed by atoms with van der Waals surface area (Å²) >= 11 is 0. The third-order valence-corrected chi connectivity index (χ3v) is 6.71. The first kappa shape index (κ1) is 22.3. The second kappa shape index (κ2) is 7.90. The molecule has 36 heavy (non-hydrogen) atoms. The zero-order valence-corrected chi connectivity index (χ0v) is 18.7. The summed E-state index contributed by atoms with van der Waals surface area (Å²) in [5, 5.41) is 4.42. The lowest BCUT2D eigenvalue weighted by atomic mass is 10.0. The number of hydrogen-bond donors (Lipinski definition) is 2. The first-order valence-electron chi connectivity index (χ1n) is 11.3. The minimum atomic E-state index is -2.94. The number of nitrogens with one attached hydrogen (secondary N) is 2. The van der Waals surface area contributed by atoms with Crippen LogP contribution in [0.3, 0.4) is 0 Å². The Balaban J connectivity index is 1.44. The van der Waals surface area contributed by atoms with Crippen LogP contribution < -0.4 is 11.2 Å². The van der Waals surface area contributed by atoms with Gasteiger partial charge in [0.15, 0.2) is 5.65 Å². The number of carbonyl (C=O) groups is 1. The maximum Gasteiger partial charge on any atom is 0.325 e. The van der Waals surface area contributed by atoms with Crippen LogP contribution in [0.2, 0.25) is 0 Å². The number of nitrogens with zero attached hydrogens (tertiary/aromatic N) is 4. The molecular formula is C24H19F3N6O3. The third kappa shape index (κ3) is 3.88. The van der Waals surface area contributed by atoms with Gasteiger partial charge >= 0.3 is 5.69 Å². The molecule has 184 valence electrons. The second-order valence-electron chi connectivity index (χ2n) is 9.20. The van der Waals surface area contributed by atoms with E-state index in [1.807, 2.05) is 0 Å². The number of alkyl halides is 2. The van der Waals surface area contributed by atoms with Crippen molar-refractivity contribution in [2.24, 2.45) is 0 Å². The SMILES string of the molecule is O=C(c1cn2nc(-c3c[nH]c(=O)[nH]c3=O)cc([C@H]3C[C@@H]3c3ccc(F)cc3)c2n1)N1CCC(F)(F)C1. The van der Waals surface area contributed by atoms with E-state index < -0.39 is 36.0 Å². The number of likely N-dealkylation sites (tertiary alicyclic amines) is 1. The van der Waals surface area contributed by atoms with E-state index in [0.717, 1.165) is 16.9 Å². The number of amides is 1. The van der Waals surface area contributed by atoms with E-state index >= 15 is 0 Å². The predicted molar refractivity (Wildman–Crippen MR) is 122 cm³/mol. The number of aromatic amines is 2. The van der Waals surface area contributed by atoms with Crippen LogP contribution >= 0.6 is 0 Å². The van der Waals surface area contributed by atoms with Crippen molar-refractivity contribution in [3.05, 3.63) is 86.2 Å². The Morgan fingerprint density at radius 1 is 1.14 bits per heavy atom. The molecule has 1 aliphatic carbocycles. The molecule has 0 spiro atoms. The van der Waals surface area contributed by atoms with Gasteiger partial charge in [0.1, 0.15) is 11.5 Å². The standard InChI is InChI=1S/C24H19F3N6O3/c25-13-3-1-12(2-4-13)14-7-15(14)16-8-18(17-9-28-23(36)30-21(17)34)31-33-10-19(29-20(16)33)22(35)32-6-5-24(26,27)11-32/h1-4,8-10,14-15H,5-7,11H2,(H2,28,30,34,36)/t14-,15+/m1/s1. The number of H-pyrrole nitrogens is 2. The quantitative estimate of drug-likeness (QED) is 0.451. The largest absolute Gasteiger partial charge is 0.331 e. The van der Waals surface area contributed by atoms with E-state index in [1.165, 1.54) is 29.0 Å². The highest BCUT2D eigenvalue weighted by molar-refractivity contribution is 5.93. The number of hydrogen-bond acceptors (Lipinski definition) is 5. The lowest BCUT2D eigenvalue weighted by Gasteiger charge is -2.14. The Kier molecular flexibility index (Phi) is 4.88. The van der Waals surface area contributed by atoms with Gasteiger partial charge in [0, 0.05) is 24.7 Å². The molecule has 0 bridgehead atoms. The molecule has 4 aromatic rings. The zero-order chi connectivity index (χ0) is 25.2. The number of halogens is 3. The predicted octanol–water partition coefficient (Wildman–Crippen LogP) is 2.66. The van der Waals surface area contributed by atoms with Crippen molar-refractivity contribution in [3.8, 4) is 11.3 Å². The summed E-state index contributed by atoms with van der Waals surface area (Å²) in [6, 6.07) is 7.87. The molecule has 2 aliphatic rings. The third-order valence-electron chi connectivity index (χ3n) is 6.71. The number of benzene rings is 1. The minimum Gasteiger partial charge on any atom is -0.331 e. The molecule has 1 amide bonds. The molecule has 0 unspecified atom stereocenters. The molecule has 2 N–H and O–H groups in total. The summed E-state index contributed by atoms with van der Waals surface area (Å²) in [4.78, 5) is 46.9. The number of imidazole rings is 1. The summed E-state index contributed by atoms with van der Waals surface area (Å²) in [6.45, 7) is -0.749. The van der Waals surface area contributed by atoms with Crippen LogP contribution in [0.5, 0.6) is 0 Å². The number of aromatic nitrogens is 5. The van der Waals surface area contributed by atoms with Crippen LogP contribution in [0.1, 0.15) is 46.3 Å². The molecule has 4 heterocycles. The maximum atomic E-state index is 13.7. The van der Waals surface area contributed by atoms with E-state index in [4.69, 9.17) is 0 Å². The van der Waals surface area contributed by atoms with Gasteiger partial charge in [-0.15, -0.1) is 0 Å². The summed E-state index contributed by atoms with van der Waals surface area (Å²) in [7, 11) is 0. The molecule has 1 aliphatic heterocycles. The van der Waals surface area contributed by atoms with Gasteiger partial charge < -0.3 is 9.88 Å². The van der Waals surface area contributed by atoms with Crippen LogP contribution in [0, 0.1) is 5.82 Å². The van der Waals surface area contributed by atoms with Gasteiger partial charge in [0.05, 0.1) is 24.0 Å². The van der Waals surface area contributed by atoms with E-state index in [-0.39, 0.29) is 41.1 Å². The van der Waals surface area contributed by atoms with Crippen LogP contribution in [-0.2, 0) is 0 Å². The van der Waals surface area contributed by atoms with Crippen molar-refractivity contribution in [1.82, 2.24) is 29.5 Å². The van der Waals surface area contributed by atoms with Gasteiger partial charge in [-0.1, -0.05) is 12.1 Å². The molecular weight excluding hydrogens is 477 g/mol. The highest BCUT2D eigenvalue weighted by atomic mass is 19.3. The van der Waals surface area contributed by atoms with Crippen molar-refractivity contribution in [3.63, 3.8) is 0 Å². The molecule has 9 nitrogen and oxygen atoms in total. The Labute approximate surface area is 200 Å². The van der Waals surface area contributed by atoms with Crippen molar-refractivity contribution >= 4 is 11.6 Å². The average Bonchev–Trinajstić information content (AvgIpc) is 3.36. The smallest absolute Gasteiger partial charge is 0.325 e. The van der Waals surface area contributed by atoms with Crippen LogP contribution in [0.4, 0.5) is 13.2 Å². The molecule has 1 saturated heterocycles. The zero-order valence-electron chi connectivity index (χ0n) is 18.7. The Hall–Kier alpha value is -4.22. The molecule has 3 aromatic heterocycles. The summed E-state index contributed by atoms with van der Waals surface area (Å²) < 4.78 is 42.1. The first-order valence-corrected chi connectivity index (χ1v) is 11.3. The van der Waals surface area contributed by atoms with E-state index in [0.29, 0.717) is 11.2 Å². The topological polar surface area (TPSA) is 116 Å². The highest BCUT2D eigenvalue weighted by Crippen LogP contribution is 2.55. The molecule has 12 heteroatoms. The summed E-state index contributed by atoms with van der Waals surface area (Å²) in [5.74, 6) is -3.90. The van der Waals surface area contributed by atoms with Crippen LogP contribution in [-0.4, -0.2) is 54.4 Å². The number of carbonyl (C=O) groups excluding carboxylic acids is 1. The molecule has 6 rings (SSSR count). The molecule has 0 radical (unpaired) electrons. The Bertz CT molecular complexity index is 1620. The average molecular weight is 496 g/mol. The highest BCUT2D eigenvalue weighted by Gasteiger charge is 2.43. The van der Waals surface area contributed by atoms with E-state index in [2.05, 4.69) is 20.1 Å². The van der Waals surface area contributed by atoms with Crippen LogP contribution in [0.15, 0.2) is 52.3 Å². The molecule has 1 aromatic carbocycles. The van der Waals surface area contributed by atoms with Gasteiger partial charge in [0.25, 0.3) is 17.4 Å². The lowest BCUT2D eigenvalue weighted by molar-refractivity contribution is 0.0119. The van der Waals surface area contributed by atoms with Gasteiger partial charge in [0.2, 0.25) is 0 Å². The van der Waals surface area contributed by atoms with Gasteiger partial charge in [-0.05, 0) is 42.0 Å². The Morgan fingerprint density at radius 2 is 1.92 bits per heavy atom. The van der Waals surface area contributed by atoms with Crippen LogP contribution in [0.25, 0.3) is 16.9 Å².